The summed E-state index contributed by atoms with van der Waals surface area (Å²) in [6.07, 6.45) is 3.06. The predicted octanol–water partition coefficient (Wildman–Crippen LogP) is 2.48. The Morgan fingerprint density at radius 3 is 2.95 bits per heavy atom. The third-order valence-corrected chi connectivity index (χ3v) is 4.95. The van der Waals surface area contributed by atoms with Gasteiger partial charge >= 0.3 is 0 Å². The van der Waals surface area contributed by atoms with Crippen LogP contribution in [0.1, 0.15) is 30.9 Å². The van der Waals surface area contributed by atoms with Crippen LogP contribution in [-0.2, 0) is 4.79 Å². The minimum absolute atomic E-state index is 0.124. The highest BCUT2D eigenvalue weighted by molar-refractivity contribution is 7.99. The number of halogens is 1. The van der Waals surface area contributed by atoms with Gasteiger partial charge in [-0.3, -0.25) is 4.79 Å². The fraction of sp³-hybridized carbons (Fsp3) is 0.533. The zero-order valence-corrected chi connectivity index (χ0v) is 12.1. The number of hydrogen-bond acceptors (Lipinski definition) is 3. The second kappa shape index (κ2) is 6.14. The molecule has 0 saturated heterocycles. The van der Waals surface area contributed by atoms with Crippen LogP contribution in [-0.4, -0.2) is 24.7 Å². The Hall–Kier alpha value is -1.07. The van der Waals surface area contributed by atoms with Crippen LogP contribution >= 0.6 is 11.8 Å². The Kier molecular flexibility index (Phi) is 4.27. The van der Waals surface area contributed by atoms with Gasteiger partial charge in [0.25, 0.3) is 0 Å². The van der Waals surface area contributed by atoms with E-state index in [1.807, 2.05) is 6.07 Å². The Morgan fingerprint density at radius 1 is 1.30 bits per heavy atom. The smallest absolute Gasteiger partial charge is 0.223 e. The highest BCUT2D eigenvalue weighted by Crippen LogP contribution is 2.37. The van der Waals surface area contributed by atoms with Crippen molar-refractivity contribution in [2.75, 3.05) is 18.8 Å². The zero-order chi connectivity index (χ0) is 13.9. The van der Waals surface area contributed by atoms with Gasteiger partial charge in [-0.15, -0.1) is 11.8 Å². The quantitative estimate of drug-likeness (QED) is 0.820. The SMILES string of the molecule is O=C(NCCNC1CCSc2c(F)cccc21)C1CC1. The molecule has 1 amide bonds. The van der Waals surface area contributed by atoms with Crippen LogP contribution < -0.4 is 10.6 Å². The van der Waals surface area contributed by atoms with Crippen molar-refractivity contribution in [2.24, 2.45) is 5.92 Å². The maximum Gasteiger partial charge on any atom is 0.223 e. The van der Waals surface area contributed by atoms with Crippen LogP contribution in [0.15, 0.2) is 23.1 Å². The second-order valence-electron chi connectivity index (χ2n) is 5.37. The normalized spacial score (nSPS) is 21.4. The molecule has 1 aliphatic carbocycles. The highest BCUT2D eigenvalue weighted by atomic mass is 32.2. The van der Waals surface area contributed by atoms with E-state index in [4.69, 9.17) is 0 Å². The summed E-state index contributed by atoms with van der Waals surface area (Å²) in [5, 5.41) is 6.36. The number of fused-ring (bicyclic) bond motifs is 1. The van der Waals surface area contributed by atoms with Gasteiger partial charge in [-0.25, -0.2) is 4.39 Å². The zero-order valence-electron chi connectivity index (χ0n) is 11.3. The second-order valence-corrected chi connectivity index (χ2v) is 6.47. The molecule has 1 heterocycles. The molecule has 0 spiro atoms. The summed E-state index contributed by atoms with van der Waals surface area (Å²) >= 11 is 1.59. The van der Waals surface area contributed by atoms with E-state index in [-0.39, 0.29) is 23.7 Å². The van der Waals surface area contributed by atoms with Gasteiger partial charge in [-0.1, -0.05) is 12.1 Å². The molecule has 108 valence electrons. The fourth-order valence-electron chi connectivity index (χ4n) is 2.52. The summed E-state index contributed by atoms with van der Waals surface area (Å²) in [6, 6.07) is 5.47. The number of rotatable bonds is 5. The molecule has 2 aliphatic rings. The van der Waals surface area contributed by atoms with E-state index in [2.05, 4.69) is 10.6 Å². The van der Waals surface area contributed by atoms with Crippen LogP contribution in [0.5, 0.6) is 0 Å². The molecule has 1 atom stereocenters. The summed E-state index contributed by atoms with van der Waals surface area (Å²) in [6.45, 7) is 1.37. The van der Waals surface area contributed by atoms with Crippen molar-refractivity contribution in [2.45, 2.75) is 30.2 Å². The first-order valence-corrected chi connectivity index (χ1v) is 8.16. The van der Waals surface area contributed by atoms with E-state index in [9.17, 15) is 9.18 Å². The van der Waals surface area contributed by atoms with Crippen molar-refractivity contribution < 1.29 is 9.18 Å². The van der Waals surface area contributed by atoms with Crippen molar-refractivity contribution in [3.63, 3.8) is 0 Å². The molecule has 0 radical (unpaired) electrons. The Balaban J connectivity index is 1.51. The molecule has 5 heteroatoms. The molecule has 1 aromatic carbocycles. The maximum atomic E-state index is 13.7. The Labute approximate surface area is 122 Å². The third-order valence-electron chi connectivity index (χ3n) is 3.79. The van der Waals surface area contributed by atoms with Crippen molar-refractivity contribution in [3.8, 4) is 0 Å². The fourth-order valence-corrected chi connectivity index (χ4v) is 3.66. The lowest BCUT2D eigenvalue weighted by atomic mass is 10.0. The molecule has 20 heavy (non-hydrogen) atoms. The number of benzene rings is 1. The van der Waals surface area contributed by atoms with Crippen molar-refractivity contribution in [3.05, 3.63) is 29.6 Å². The summed E-state index contributed by atoms with van der Waals surface area (Å²) in [5.74, 6) is 1.24. The van der Waals surface area contributed by atoms with Crippen LogP contribution in [0.4, 0.5) is 4.39 Å². The summed E-state index contributed by atoms with van der Waals surface area (Å²) in [5.41, 5.74) is 1.05. The number of thioether (sulfide) groups is 1. The van der Waals surface area contributed by atoms with Gasteiger partial charge in [0.2, 0.25) is 5.91 Å². The number of hydrogen-bond donors (Lipinski definition) is 2. The Morgan fingerprint density at radius 2 is 2.15 bits per heavy atom. The summed E-state index contributed by atoms with van der Waals surface area (Å²) < 4.78 is 13.7. The van der Waals surface area contributed by atoms with E-state index in [0.29, 0.717) is 6.54 Å². The Bertz CT molecular complexity index is 505. The highest BCUT2D eigenvalue weighted by Gasteiger charge is 2.29. The van der Waals surface area contributed by atoms with Crippen LogP contribution in [0, 0.1) is 11.7 Å². The number of amides is 1. The van der Waals surface area contributed by atoms with Gasteiger partial charge in [-0.05, 0) is 36.6 Å². The van der Waals surface area contributed by atoms with Gasteiger partial charge in [0, 0.05) is 29.9 Å². The molecule has 3 rings (SSSR count). The molecular formula is C15H19FN2OS. The average Bonchev–Trinajstić information content (AvgIpc) is 3.29. The first kappa shape index (κ1) is 13.9. The molecule has 0 aromatic heterocycles. The molecule has 1 fully saturated rings. The van der Waals surface area contributed by atoms with Crippen molar-refractivity contribution in [1.29, 1.82) is 0 Å². The van der Waals surface area contributed by atoms with Crippen LogP contribution in [0.25, 0.3) is 0 Å². The molecular weight excluding hydrogens is 275 g/mol. The molecule has 2 N–H and O–H groups in total. The number of nitrogens with one attached hydrogen (secondary N) is 2. The molecule has 1 aliphatic heterocycles. The van der Waals surface area contributed by atoms with Crippen LogP contribution in [0.3, 0.4) is 0 Å². The lowest BCUT2D eigenvalue weighted by Gasteiger charge is -2.26. The van der Waals surface area contributed by atoms with E-state index < -0.39 is 0 Å². The van der Waals surface area contributed by atoms with Gasteiger partial charge < -0.3 is 10.6 Å². The topological polar surface area (TPSA) is 41.1 Å². The van der Waals surface area contributed by atoms with Crippen molar-refractivity contribution >= 4 is 17.7 Å². The molecule has 3 nitrogen and oxygen atoms in total. The average molecular weight is 294 g/mol. The van der Waals surface area contributed by atoms with Gasteiger partial charge in [-0.2, -0.15) is 0 Å². The lowest BCUT2D eigenvalue weighted by Crippen LogP contribution is -2.35. The summed E-state index contributed by atoms with van der Waals surface area (Å²) in [7, 11) is 0. The van der Waals surface area contributed by atoms with Crippen molar-refractivity contribution in [1.82, 2.24) is 10.6 Å². The number of carbonyl (C=O) groups is 1. The largest absolute Gasteiger partial charge is 0.355 e. The van der Waals surface area contributed by atoms with E-state index in [0.717, 1.165) is 42.0 Å². The first-order valence-electron chi connectivity index (χ1n) is 7.18. The van der Waals surface area contributed by atoms with Gasteiger partial charge in [0.1, 0.15) is 5.82 Å². The van der Waals surface area contributed by atoms with Crippen LogP contribution in [0.2, 0.25) is 0 Å². The minimum Gasteiger partial charge on any atom is -0.355 e. The van der Waals surface area contributed by atoms with E-state index >= 15 is 0 Å². The maximum absolute atomic E-state index is 13.7. The molecule has 1 unspecified atom stereocenters. The standard InChI is InChI=1S/C15H19FN2OS/c16-12-3-1-2-11-13(6-9-20-14(11)12)17-7-8-18-15(19)10-4-5-10/h1-3,10,13,17H,4-9H2,(H,18,19). The lowest BCUT2D eigenvalue weighted by molar-refractivity contribution is -0.122. The number of carbonyl (C=O) groups excluding carboxylic acids is 1. The monoisotopic (exact) mass is 294 g/mol. The molecule has 1 aromatic rings. The van der Waals surface area contributed by atoms with Gasteiger partial charge in [0.05, 0.1) is 0 Å². The minimum atomic E-state index is -0.124. The third kappa shape index (κ3) is 3.15. The molecule has 0 bridgehead atoms. The predicted molar refractivity (Wildman–Crippen MR) is 78.2 cm³/mol. The summed E-state index contributed by atoms with van der Waals surface area (Å²) in [4.78, 5) is 12.3. The first-order chi connectivity index (χ1) is 9.75. The van der Waals surface area contributed by atoms with Gasteiger partial charge in [0.15, 0.2) is 0 Å². The van der Waals surface area contributed by atoms with E-state index in [1.165, 1.54) is 6.07 Å². The van der Waals surface area contributed by atoms with E-state index in [1.54, 1.807) is 17.8 Å². The molecule has 1 saturated carbocycles.